The molecule has 2 aliphatic rings. The molecule has 0 unspecified atom stereocenters. The summed E-state index contributed by atoms with van der Waals surface area (Å²) in [5.41, 5.74) is 0.719. The Balaban J connectivity index is 1.83. The molecule has 0 radical (unpaired) electrons. The lowest BCUT2D eigenvalue weighted by atomic mass is 9.99. The van der Waals surface area contributed by atoms with Crippen molar-refractivity contribution in [1.29, 1.82) is 0 Å². The molecule has 122 valence electrons. The predicted octanol–water partition coefficient (Wildman–Crippen LogP) is 1.91. The highest BCUT2D eigenvalue weighted by Gasteiger charge is 2.37. The van der Waals surface area contributed by atoms with Gasteiger partial charge in [0.2, 0.25) is 10.0 Å². The van der Waals surface area contributed by atoms with E-state index in [1.807, 2.05) is 0 Å². The number of aryl methyl sites for hydroxylation is 1. The maximum atomic E-state index is 14.0. The monoisotopic (exact) mass is 329 g/mol. The molecule has 0 N–H and O–H groups in total. The average Bonchev–Trinajstić information content (AvgIpc) is 3.04. The molecule has 0 spiro atoms. The van der Waals surface area contributed by atoms with Gasteiger partial charge in [-0.05, 0) is 37.5 Å². The zero-order chi connectivity index (χ0) is 15.7. The van der Waals surface area contributed by atoms with Gasteiger partial charge in [-0.2, -0.15) is 4.31 Å². The molecule has 3 rings (SSSR count). The predicted molar refractivity (Wildman–Crippen MR) is 78.3 cm³/mol. The van der Waals surface area contributed by atoms with E-state index in [2.05, 4.69) is 0 Å². The Morgan fingerprint density at radius 2 is 2.00 bits per heavy atom. The van der Waals surface area contributed by atoms with Crippen LogP contribution < -0.4 is 0 Å². The van der Waals surface area contributed by atoms with Gasteiger partial charge >= 0.3 is 0 Å². The molecule has 1 atom stereocenters. The van der Waals surface area contributed by atoms with Crippen LogP contribution in [0.2, 0.25) is 0 Å². The lowest BCUT2D eigenvalue weighted by molar-refractivity contribution is -0.0940. The summed E-state index contributed by atoms with van der Waals surface area (Å²) in [6.07, 6.45) is 1.23. The van der Waals surface area contributed by atoms with Crippen LogP contribution in [0.4, 0.5) is 4.39 Å². The van der Waals surface area contributed by atoms with Crippen molar-refractivity contribution in [3.05, 3.63) is 29.6 Å². The largest absolute Gasteiger partial charge is 0.350 e. The van der Waals surface area contributed by atoms with Crippen molar-refractivity contribution in [2.75, 3.05) is 26.3 Å². The molecule has 2 saturated heterocycles. The van der Waals surface area contributed by atoms with Crippen LogP contribution in [0.1, 0.15) is 18.4 Å². The van der Waals surface area contributed by atoms with Crippen molar-refractivity contribution in [3.8, 4) is 0 Å². The third-order valence-electron chi connectivity index (χ3n) is 4.16. The first-order valence-electron chi connectivity index (χ1n) is 7.48. The van der Waals surface area contributed by atoms with E-state index in [1.54, 1.807) is 13.0 Å². The topological polar surface area (TPSA) is 55.8 Å². The third-order valence-corrected chi connectivity index (χ3v) is 6.04. The molecule has 0 aromatic heterocycles. The summed E-state index contributed by atoms with van der Waals surface area (Å²) < 4.78 is 51.7. The molecule has 7 heteroatoms. The van der Waals surface area contributed by atoms with Crippen molar-refractivity contribution in [1.82, 2.24) is 4.31 Å². The van der Waals surface area contributed by atoms with Gasteiger partial charge in [-0.25, -0.2) is 12.8 Å². The van der Waals surface area contributed by atoms with E-state index < -0.39 is 15.8 Å². The maximum absolute atomic E-state index is 14.0. The van der Waals surface area contributed by atoms with Crippen molar-refractivity contribution in [2.24, 2.45) is 5.92 Å². The van der Waals surface area contributed by atoms with Gasteiger partial charge in [-0.15, -0.1) is 0 Å². The average molecular weight is 329 g/mol. The zero-order valence-corrected chi connectivity index (χ0v) is 13.3. The van der Waals surface area contributed by atoms with Crippen LogP contribution in [0, 0.1) is 18.7 Å². The van der Waals surface area contributed by atoms with E-state index in [4.69, 9.17) is 9.47 Å². The highest BCUT2D eigenvalue weighted by atomic mass is 32.2. The minimum absolute atomic E-state index is 0.00102. The Morgan fingerprint density at radius 3 is 2.73 bits per heavy atom. The summed E-state index contributed by atoms with van der Waals surface area (Å²) >= 11 is 0. The first-order valence-corrected chi connectivity index (χ1v) is 8.92. The van der Waals surface area contributed by atoms with Crippen molar-refractivity contribution >= 4 is 10.0 Å². The zero-order valence-electron chi connectivity index (χ0n) is 12.5. The molecule has 1 aromatic carbocycles. The van der Waals surface area contributed by atoms with Gasteiger partial charge in [0.05, 0.1) is 13.2 Å². The molecular weight excluding hydrogens is 309 g/mol. The molecule has 2 heterocycles. The standard InChI is InChI=1S/C15H20FNO4S/c1-11-4-5-13(16)14(9-11)22(18,19)17-6-2-3-12(10-17)15-20-7-8-21-15/h4-5,9,12,15H,2-3,6-8,10H2,1H3/t12-/m1/s1. The van der Waals surface area contributed by atoms with Gasteiger partial charge in [0.25, 0.3) is 0 Å². The number of nitrogens with zero attached hydrogens (tertiary/aromatic N) is 1. The lowest BCUT2D eigenvalue weighted by Crippen LogP contribution is -2.44. The molecule has 0 bridgehead atoms. The third kappa shape index (κ3) is 3.03. The Bertz CT molecular complexity index is 643. The first kappa shape index (κ1) is 15.9. The number of benzene rings is 1. The van der Waals surface area contributed by atoms with E-state index in [1.165, 1.54) is 16.4 Å². The Hall–Kier alpha value is -1.02. The number of hydrogen-bond donors (Lipinski definition) is 0. The Kier molecular flexibility index (Phi) is 4.49. The Morgan fingerprint density at radius 1 is 1.27 bits per heavy atom. The molecule has 0 saturated carbocycles. The smallest absolute Gasteiger partial charge is 0.246 e. The number of halogens is 1. The molecule has 5 nitrogen and oxygen atoms in total. The van der Waals surface area contributed by atoms with Gasteiger partial charge < -0.3 is 9.47 Å². The first-order chi connectivity index (χ1) is 10.5. The van der Waals surface area contributed by atoms with Gasteiger partial charge in [0.15, 0.2) is 6.29 Å². The number of sulfonamides is 1. The molecule has 2 fully saturated rings. The van der Waals surface area contributed by atoms with Gasteiger partial charge in [-0.1, -0.05) is 6.07 Å². The van der Waals surface area contributed by atoms with Gasteiger partial charge in [0.1, 0.15) is 10.7 Å². The summed E-state index contributed by atoms with van der Waals surface area (Å²) in [5, 5.41) is 0. The van der Waals surface area contributed by atoms with E-state index >= 15 is 0 Å². The second kappa shape index (κ2) is 6.23. The normalized spacial score (nSPS) is 24.7. The van der Waals surface area contributed by atoms with E-state index in [0.29, 0.717) is 26.3 Å². The molecular formula is C15H20FNO4S. The fourth-order valence-electron chi connectivity index (χ4n) is 3.01. The SMILES string of the molecule is Cc1ccc(F)c(S(=O)(=O)N2CCC[C@@H](C3OCCO3)C2)c1. The van der Waals surface area contributed by atoms with Crippen LogP contribution in [-0.4, -0.2) is 45.3 Å². The highest BCUT2D eigenvalue weighted by Crippen LogP contribution is 2.29. The number of piperidine rings is 1. The lowest BCUT2D eigenvalue weighted by Gasteiger charge is -2.34. The molecule has 22 heavy (non-hydrogen) atoms. The van der Waals surface area contributed by atoms with Crippen molar-refractivity contribution in [2.45, 2.75) is 31.0 Å². The molecule has 0 aliphatic carbocycles. The minimum atomic E-state index is -3.83. The number of hydrogen-bond acceptors (Lipinski definition) is 4. The summed E-state index contributed by atoms with van der Waals surface area (Å²) in [6, 6.07) is 4.15. The fourth-order valence-corrected chi connectivity index (χ4v) is 4.70. The quantitative estimate of drug-likeness (QED) is 0.850. The molecule has 2 aliphatic heterocycles. The van der Waals surface area contributed by atoms with Crippen LogP contribution >= 0.6 is 0 Å². The second-order valence-corrected chi connectivity index (χ2v) is 7.72. The Labute approximate surface area is 130 Å². The van der Waals surface area contributed by atoms with Crippen molar-refractivity contribution < 1.29 is 22.3 Å². The second-order valence-electron chi connectivity index (χ2n) is 5.81. The number of ether oxygens (including phenoxy) is 2. The van der Waals surface area contributed by atoms with Crippen molar-refractivity contribution in [3.63, 3.8) is 0 Å². The number of rotatable bonds is 3. The minimum Gasteiger partial charge on any atom is -0.350 e. The van der Waals surface area contributed by atoms with Gasteiger partial charge in [-0.3, -0.25) is 0 Å². The highest BCUT2D eigenvalue weighted by molar-refractivity contribution is 7.89. The van der Waals surface area contributed by atoms with Crippen LogP contribution in [0.5, 0.6) is 0 Å². The summed E-state index contributed by atoms with van der Waals surface area (Å²) in [7, 11) is -3.83. The summed E-state index contributed by atoms with van der Waals surface area (Å²) in [4.78, 5) is -0.249. The van der Waals surface area contributed by atoms with E-state index in [9.17, 15) is 12.8 Å². The molecule has 0 amide bonds. The van der Waals surface area contributed by atoms with Crippen LogP contribution in [0.25, 0.3) is 0 Å². The van der Waals surface area contributed by atoms with E-state index in [-0.39, 0.29) is 17.1 Å². The van der Waals surface area contributed by atoms with Gasteiger partial charge in [0, 0.05) is 19.0 Å². The van der Waals surface area contributed by atoms with Crippen LogP contribution in [-0.2, 0) is 19.5 Å². The summed E-state index contributed by atoms with van der Waals surface area (Å²) in [5.74, 6) is -0.708. The van der Waals surface area contributed by atoms with Crippen LogP contribution in [0.3, 0.4) is 0 Å². The fraction of sp³-hybridized carbons (Fsp3) is 0.600. The van der Waals surface area contributed by atoms with Crippen LogP contribution in [0.15, 0.2) is 23.1 Å². The summed E-state index contributed by atoms with van der Waals surface area (Å²) in [6.45, 7) is 3.54. The maximum Gasteiger partial charge on any atom is 0.246 e. The molecule has 1 aromatic rings. The van der Waals surface area contributed by atoms with E-state index in [0.717, 1.165) is 18.4 Å².